The van der Waals surface area contributed by atoms with Crippen LogP contribution in [0.25, 0.3) is 0 Å². The third-order valence-electron chi connectivity index (χ3n) is 2.54. The minimum absolute atomic E-state index is 0.0200. The first-order chi connectivity index (χ1) is 11.7. The summed E-state index contributed by atoms with van der Waals surface area (Å²) in [4.78, 5) is 19.3. The quantitative estimate of drug-likeness (QED) is 0.608. The summed E-state index contributed by atoms with van der Waals surface area (Å²) < 4.78 is 29.0. The Labute approximate surface area is 143 Å². The Kier molecular flexibility index (Phi) is 7.43. The van der Waals surface area contributed by atoms with Crippen LogP contribution >= 0.6 is 0 Å². The highest BCUT2D eigenvalue weighted by atomic mass is 32.2. The van der Waals surface area contributed by atoms with Crippen LogP contribution in [0.2, 0.25) is 0 Å². The Morgan fingerprint density at radius 2 is 1.40 bits per heavy atom. The second-order valence-electron chi connectivity index (χ2n) is 4.38. The van der Waals surface area contributed by atoms with E-state index in [9.17, 15) is 28.6 Å². The van der Waals surface area contributed by atoms with Crippen LogP contribution in [-0.2, 0) is 10.3 Å². The minimum Gasteiger partial charge on any atom is -0.371 e. The van der Waals surface area contributed by atoms with E-state index in [2.05, 4.69) is 8.91 Å². The number of nitrogens with one attached hydrogen (secondary N) is 1. The van der Waals surface area contributed by atoms with Gasteiger partial charge in [-0.05, 0) is 12.1 Å². The summed E-state index contributed by atoms with van der Waals surface area (Å²) in [5, 5.41) is 20.3. The lowest BCUT2D eigenvalue weighted by atomic mass is 10.3. The lowest BCUT2D eigenvalue weighted by Gasteiger charge is -2.05. The fraction of sp³-hybridized carbons (Fsp3) is 0.143. The van der Waals surface area contributed by atoms with Crippen molar-refractivity contribution in [3.63, 3.8) is 0 Å². The summed E-state index contributed by atoms with van der Waals surface area (Å²) in [5.41, 5.74) is 0.00528. The van der Waals surface area contributed by atoms with Gasteiger partial charge >= 0.3 is 10.3 Å². The Hall–Kier alpha value is -3.05. The first kappa shape index (κ1) is 20.0. The zero-order valence-electron chi connectivity index (χ0n) is 13.1. The summed E-state index contributed by atoms with van der Waals surface area (Å²) >= 11 is 0. The number of nitro benzene ring substituents is 2. The van der Waals surface area contributed by atoms with Gasteiger partial charge in [-0.3, -0.25) is 20.2 Å². The number of benzene rings is 2. The van der Waals surface area contributed by atoms with Crippen molar-refractivity contribution in [3.8, 4) is 5.75 Å². The van der Waals surface area contributed by atoms with Crippen LogP contribution in [0.5, 0.6) is 5.75 Å². The largest absolute Gasteiger partial charge is 0.382 e. The smallest absolute Gasteiger partial charge is 0.371 e. The molecule has 0 atom stereocenters. The molecule has 0 bridgehead atoms. The molecule has 2 rings (SSSR count). The van der Waals surface area contributed by atoms with Gasteiger partial charge in [0.15, 0.2) is 0 Å². The molecule has 0 spiro atoms. The molecule has 0 aliphatic rings. The molecular weight excluding hydrogens is 354 g/mol. The monoisotopic (exact) mass is 369 g/mol. The van der Waals surface area contributed by atoms with Gasteiger partial charge in [0.1, 0.15) is 5.75 Å². The van der Waals surface area contributed by atoms with Gasteiger partial charge in [0.2, 0.25) is 0 Å². The van der Waals surface area contributed by atoms with E-state index >= 15 is 0 Å². The zero-order valence-corrected chi connectivity index (χ0v) is 13.9. The lowest BCUT2D eigenvalue weighted by Crippen LogP contribution is -2.27. The normalized spacial score (nSPS) is 10.3. The van der Waals surface area contributed by atoms with Gasteiger partial charge in [-0.25, -0.2) is 0 Å². The number of para-hydroxylation sites is 1. The van der Waals surface area contributed by atoms with Crippen molar-refractivity contribution in [2.24, 2.45) is 0 Å². The molecule has 11 heteroatoms. The van der Waals surface area contributed by atoms with Gasteiger partial charge in [-0.15, -0.1) is 0 Å². The zero-order chi connectivity index (χ0) is 18.9. The molecule has 0 saturated carbocycles. The molecule has 0 aromatic heterocycles. The van der Waals surface area contributed by atoms with Crippen molar-refractivity contribution in [3.05, 3.63) is 74.8 Å². The molecule has 0 unspecified atom stereocenters. The van der Waals surface area contributed by atoms with Crippen LogP contribution in [0.15, 0.2) is 54.6 Å². The molecule has 0 fully saturated rings. The average molecular weight is 369 g/mol. The third kappa shape index (κ3) is 7.37. The summed E-state index contributed by atoms with van der Waals surface area (Å²) in [6.07, 6.45) is 0. The molecule has 10 nitrogen and oxygen atoms in total. The van der Waals surface area contributed by atoms with Crippen LogP contribution in [0.4, 0.5) is 11.4 Å². The van der Waals surface area contributed by atoms with E-state index in [4.69, 9.17) is 0 Å². The first-order valence-corrected chi connectivity index (χ1v) is 8.29. The number of nitrogens with zero attached hydrogens (tertiary/aromatic N) is 2. The van der Waals surface area contributed by atoms with Crippen LogP contribution in [0, 0.1) is 20.2 Å². The number of hydrogen-bond acceptors (Lipinski definition) is 7. The van der Waals surface area contributed by atoms with Gasteiger partial charge in [0.05, 0.1) is 9.85 Å². The summed E-state index contributed by atoms with van der Waals surface area (Å²) in [6, 6.07) is 12.7. The molecule has 134 valence electrons. The molecule has 25 heavy (non-hydrogen) atoms. The summed E-state index contributed by atoms with van der Waals surface area (Å²) in [5.74, 6) is 0.0200. The van der Waals surface area contributed by atoms with E-state index in [1.54, 1.807) is 25.1 Å². The Bertz CT molecular complexity index is 808. The molecule has 0 amide bonds. The molecule has 0 aliphatic heterocycles. The van der Waals surface area contributed by atoms with E-state index in [-0.39, 0.29) is 23.7 Å². The molecule has 2 aromatic rings. The van der Waals surface area contributed by atoms with Crippen LogP contribution in [0.3, 0.4) is 0 Å². The van der Waals surface area contributed by atoms with Crippen LogP contribution < -0.4 is 8.91 Å². The van der Waals surface area contributed by atoms with E-state index < -0.39 is 20.2 Å². The fourth-order valence-corrected chi connectivity index (χ4v) is 2.28. The van der Waals surface area contributed by atoms with Crippen molar-refractivity contribution >= 4 is 21.7 Å². The van der Waals surface area contributed by atoms with Crippen LogP contribution in [0.1, 0.15) is 6.92 Å². The van der Waals surface area contributed by atoms with Crippen molar-refractivity contribution < 1.29 is 22.4 Å². The van der Waals surface area contributed by atoms with Crippen LogP contribution in [-0.4, -0.2) is 24.8 Å². The summed E-state index contributed by atoms with van der Waals surface area (Å²) in [7, 11) is -3.84. The molecular formula is C14H15N3O7S. The summed E-state index contributed by atoms with van der Waals surface area (Å²) in [6.45, 7) is 1.81. The fourth-order valence-electron chi connectivity index (χ4n) is 1.51. The maximum atomic E-state index is 11.2. The average Bonchev–Trinajstić information content (AvgIpc) is 2.56. The van der Waals surface area contributed by atoms with Gasteiger partial charge in [-0.2, -0.15) is 13.1 Å². The van der Waals surface area contributed by atoms with E-state index in [0.717, 1.165) is 12.1 Å². The Morgan fingerprint density at radius 3 is 1.80 bits per heavy atom. The maximum Gasteiger partial charge on any atom is 0.382 e. The van der Waals surface area contributed by atoms with E-state index in [1.165, 1.54) is 24.3 Å². The van der Waals surface area contributed by atoms with Gasteiger partial charge in [0, 0.05) is 30.8 Å². The van der Waals surface area contributed by atoms with Crippen molar-refractivity contribution in [1.82, 2.24) is 4.72 Å². The van der Waals surface area contributed by atoms with Crippen molar-refractivity contribution in [1.29, 1.82) is 0 Å². The third-order valence-corrected chi connectivity index (χ3v) is 3.60. The van der Waals surface area contributed by atoms with Crippen molar-refractivity contribution in [2.45, 2.75) is 6.92 Å². The van der Waals surface area contributed by atoms with Gasteiger partial charge in [-0.1, -0.05) is 25.1 Å². The van der Waals surface area contributed by atoms with Gasteiger partial charge < -0.3 is 4.18 Å². The van der Waals surface area contributed by atoms with Gasteiger partial charge in [0.25, 0.3) is 11.4 Å². The topological polar surface area (TPSA) is 142 Å². The maximum absolute atomic E-state index is 11.2. The van der Waals surface area contributed by atoms with E-state index in [1.807, 2.05) is 0 Å². The SMILES string of the molecule is CCNS(=O)(=O)Oc1ccc([N+](=O)[O-])cc1.O=[N+]([O-])c1ccccc1. The minimum atomic E-state index is -3.84. The molecule has 1 N–H and O–H groups in total. The Balaban J connectivity index is 0.000000293. The second-order valence-corrected chi connectivity index (χ2v) is 5.74. The number of rotatable bonds is 6. The highest BCUT2D eigenvalue weighted by Gasteiger charge is 2.11. The highest BCUT2D eigenvalue weighted by Crippen LogP contribution is 2.18. The number of non-ortho nitro benzene ring substituents is 2. The lowest BCUT2D eigenvalue weighted by molar-refractivity contribution is -0.385. The predicted molar refractivity (Wildman–Crippen MR) is 89.4 cm³/mol. The Morgan fingerprint density at radius 1 is 0.920 bits per heavy atom. The molecule has 0 heterocycles. The predicted octanol–water partition coefficient (Wildman–Crippen LogP) is 2.42. The first-order valence-electron chi connectivity index (χ1n) is 6.88. The van der Waals surface area contributed by atoms with Crippen molar-refractivity contribution in [2.75, 3.05) is 6.54 Å². The number of nitro groups is 2. The molecule has 0 aliphatic carbocycles. The molecule has 2 aromatic carbocycles. The molecule has 0 radical (unpaired) electrons. The number of hydrogen-bond donors (Lipinski definition) is 1. The standard InChI is InChI=1S/C8H10N2O5S.C6H5NO2/c1-2-9-16(13,14)15-8-5-3-7(4-6-8)10(11)12;8-7(9)6-4-2-1-3-5-6/h3-6,9H,2H2,1H3;1-5H. The van der Waals surface area contributed by atoms with E-state index in [0.29, 0.717) is 0 Å². The molecule has 0 saturated heterocycles. The second kappa shape index (κ2) is 9.30. The highest BCUT2D eigenvalue weighted by molar-refractivity contribution is 7.85.